The third-order valence-electron chi connectivity index (χ3n) is 10.5. The van der Waals surface area contributed by atoms with E-state index in [0.717, 1.165) is 76.2 Å². The Morgan fingerprint density at radius 1 is 0.873 bits per heavy atom. The molecule has 3 aliphatic rings. The molecule has 3 aromatic heterocycles. The van der Waals surface area contributed by atoms with E-state index in [1.807, 2.05) is 48.8 Å². The first kappa shape index (κ1) is 34.7. The fourth-order valence-electron chi connectivity index (χ4n) is 7.56. The Labute approximate surface area is 324 Å². The zero-order valence-corrected chi connectivity index (χ0v) is 31.2. The predicted molar refractivity (Wildman–Crippen MR) is 210 cm³/mol. The van der Waals surface area contributed by atoms with Gasteiger partial charge in [0.25, 0.3) is 5.91 Å². The first-order chi connectivity index (χ1) is 26.8. The van der Waals surface area contributed by atoms with Crippen LogP contribution in [0.5, 0.6) is 0 Å². The van der Waals surface area contributed by atoms with Gasteiger partial charge >= 0.3 is 0 Å². The van der Waals surface area contributed by atoms with Gasteiger partial charge in [-0.05, 0) is 83.2 Å². The molecule has 1 atom stereocenters. The largest absolute Gasteiger partial charge is 0.340 e. The average Bonchev–Trinajstić information content (AvgIpc) is 3.82. The maximum atomic E-state index is 13.3. The Balaban J connectivity index is 0.787. The van der Waals surface area contributed by atoms with E-state index in [1.54, 1.807) is 24.4 Å². The van der Waals surface area contributed by atoms with E-state index in [1.165, 1.54) is 10.5 Å². The Hall–Kier alpha value is -6.06. The summed E-state index contributed by atoms with van der Waals surface area (Å²) in [4.78, 5) is 59.9. The van der Waals surface area contributed by atoms with E-state index < -0.39 is 11.9 Å². The molecule has 0 bridgehead atoms. The fraction of sp³-hybridized carbons (Fsp3) is 0.250. The lowest BCUT2D eigenvalue weighted by Crippen LogP contribution is -2.52. The van der Waals surface area contributed by atoms with Crippen LogP contribution in [-0.2, 0) is 22.7 Å². The van der Waals surface area contributed by atoms with Gasteiger partial charge in [-0.3, -0.25) is 34.3 Å². The Kier molecular flexibility index (Phi) is 9.23. The van der Waals surface area contributed by atoms with Crippen LogP contribution < -0.4 is 16.0 Å². The molecule has 2 fully saturated rings. The van der Waals surface area contributed by atoms with Crippen molar-refractivity contribution < 1.29 is 14.4 Å². The molecule has 55 heavy (non-hydrogen) atoms. The molecule has 0 radical (unpaired) electrons. The molecule has 6 aromatic rings. The van der Waals surface area contributed by atoms with Crippen molar-refractivity contribution in [2.45, 2.75) is 50.9 Å². The van der Waals surface area contributed by atoms with Crippen LogP contribution in [0.3, 0.4) is 0 Å². The maximum Gasteiger partial charge on any atom is 0.255 e. The summed E-state index contributed by atoms with van der Waals surface area (Å²) in [5.74, 6) is 0.0107. The standard InChI is InChI=1S/C40H36BrN11O3/c41-30-4-2-6-32-37(30)47-33(20-43-32)25-19-44-52(22-25)27-14-17-50(18-15-27)21-24-7-9-26(10-8-24)45-40-42-16-13-35(48-40)46-31-5-1-3-28-29(31)23-51(39(28)55)34-11-12-36(53)49-38(34)54/h1-10,13,16,19-20,22,27,34H,11-12,14-15,17-18,21,23H2,(H,49,53,54)(H2,42,45,46,48). The number of fused-ring (bicyclic) bond motifs is 2. The van der Waals surface area contributed by atoms with Crippen LogP contribution in [0.25, 0.3) is 22.3 Å². The zero-order chi connectivity index (χ0) is 37.5. The molecule has 15 heteroatoms. The molecule has 0 spiro atoms. The van der Waals surface area contributed by atoms with Crippen molar-refractivity contribution in [2.24, 2.45) is 0 Å². The third kappa shape index (κ3) is 7.15. The summed E-state index contributed by atoms with van der Waals surface area (Å²) < 4.78 is 3.01. The summed E-state index contributed by atoms with van der Waals surface area (Å²) in [5.41, 5.74) is 7.59. The van der Waals surface area contributed by atoms with Crippen molar-refractivity contribution in [3.05, 3.63) is 113 Å². The topological polar surface area (TPSA) is 163 Å². The second-order valence-electron chi connectivity index (χ2n) is 14.0. The van der Waals surface area contributed by atoms with Crippen LogP contribution in [0.4, 0.5) is 23.1 Å². The number of amides is 3. The second kappa shape index (κ2) is 14.6. The van der Waals surface area contributed by atoms with Crippen LogP contribution in [0, 0.1) is 0 Å². The predicted octanol–water partition coefficient (Wildman–Crippen LogP) is 6.13. The highest BCUT2D eigenvalue weighted by Gasteiger charge is 2.40. The van der Waals surface area contributed by atoms with Gasteiger partial charge in [0, 0.05) is 77.5 Å². The Morgan fingerprint density at radius 3 is 2.55 bits per heavy atom. The number of halogens is 1. The summed E-state index contributed by atoms with van der Waals surface area (Å²) in [6.07, 6.45) is 9.98. The van der Waals surface area contributed by atoms with Gasteiger partial charge < -0.3 is 15.5 Å². The molecule has 1 unspecified atom stereocenters. The van der Waals surface area contributed by atoms with Crippen molar-refractivity contribution in [2.75, 3.05) is 23.7 Å². The van der Waals surface area contributed by atoms with E-state index in [2.05, 4.69) is 74.7 Å². The molecule has 6 heterocycles. The minimum atomic E-state index is -0.678. The number of aromatic nitrogens is 6. The number of nitrogens with one attached hydrogen (secondary N) is 3. The molecule has 14 nitrogen and oxygen atoms in total. The number of imide groups is 1. The van der Waals surface area contributed by atoms with E-state index in [4.69, 9.17) is 10.1 Å². The van der Waals surface area contributed by atoms with E-state index in [9.17, 15) is 14.4 Å². The molecular weight excluding hydrogens is 762 g/mol. The van der Waals surface area contributed by atoms with Gasteiger partial charge in [-0.25, -0.2) is 9.97 Å². The first-order valence-corrected chi connectivity index (χ1v) is 19.0. The maximum absolute atomic E-state index is 13.3. The van der Waals surface area contributed by atoms with Gasteiger partial charge in [0.15, 0.2) is 0 Å². The quantitative estimate of drug-likeness (QED) is 0.144. The van der Waals surface area contributed by atoms with E-state index in [-0.39, 0.29) is 24.8 Å². The number of benzene rings is 3. The number of rotatable bonds is 9. The minimum absolute atomic E-state index is 0.207. The van der Waals surface area contributed by atoms with Crippen LogP contribution in [0.1, 0.15) is 53.2 Å². The summed E-state index contributed by atoms with van der Waals surface area (Å²) in [5, 5.41) is 13.7. The van der Waals surface area contributed by atoms with Crippen molar-refractivity contribution in [3.8, 4) is 11.3 Å². The van der Waals surface area contributed by atoms with E-state index in [0.29, 0.717) is 29.8 Å². The number of likely N-dealkylation sites (tertiary alicyclic amines) is 1. The normalized spacial score (nSPS) is 17.7. The molecule has 3 amide bonds. The number of carbonyl (C=O) groups is 3. The SMILES string of the molecule is O=C1CCC(N2Cc3c(Nc4ccnc(Nc5ccc(CN6CCC(n7cc(-c8cnc9cccc(Br)c9n8)cn7)CC6)cc5)n4)cccc3C2=O)C(=O)N1. The Bertz CT molecular complexity index is 2450. The highest BCUT2D eigenvalue weighted by Crippen LogP contribution is 2.34. The van der Waals surface area contributed by atoms with Crippen LogP contribution in [0.2, 0.25) is 0 Å². The van der Waals surface area contributed by atoms with Crippen molar-refractivity contribution in [3.63, 3.8) is 0 Å². The molecule has 0 aliphatic carbocycles. The lowest BCUT2D eigenvalue weighted by atomic mass is 10.0. The number of carbonyl (C=O) groups excluding carboxylic acids is 3. The smallest absolute Gasteiger partial charge is 0.255 e. The number of piperidine rings is 2. The van der Waals surface area contributed by atoms with Gasteiger partial charge in [-0.2, -0.15) is 10.1 Å². The molecule has 0 saturated carbocycles. The number of anilines is 4. The molecular formula is C40H36BrN11O3. The average molecular weight is 799 g/mol. The zero-order valence-electron chi connectivity index (χ0n) is 29.7. The lowest BCUT2D eigenvalue weighted by Gasteiger charge is -2.32. The second-order valence-corrected chi connectivity index (χ2v) is 14.9. The van der Waals surface area contributed by atoms with Crippen molar-refractivity contribution in [1.29, 1.82) is 0 Å². The van der Waals surface area contributed by atoms with Gasteiger partial charge in [0.05, 0.1) is 29.6 Å². The summed E-state index contributed by atoms with van der Waals surface area (Å²) in [6.45, 7) is 3.07. The van der Waals surface area contributed by atoms with Crippen molar-refractivity contribution in [1.82, 2.24) is 44.8 Å². The number of para-hydroxylation sites is 1. The van der Waals surface area contributed by atoms with Crippen LogP contribution in [-0.4, -0.2) is 76.4 Å². The van der Waals surface area contributed by atoms with E-state index >= 15 is 0 Å². The first-order valence-electron chi connectivity index (χ1n) is 18.3. The summed E-state index contributed by atoms with van der Waals surface area (Å²) in [6, 6.07) is 21.1. The van der Waals surface area contributed by atoms with Gasteiger partial charge in [-0.15, -0.1) is 0 Å². The molecule has 9 rings (SSSR count). The number of nitrogens with zero attached hydrogens (tertiary/aromatic N) is 8. The number of hydrogen-bond donors (Lipinski definition) is 3. The fourth-order valence-corrected chi connectivity index (χ4v) is 8.00. The van der Waals surface area contributed by atoms with Gasteiger partial charge in [-0.1, -0.05) is 24.3 Å². The van der Waals surface area contributed by atoms with Gasteiger partial charge in [0.1, 0.15) is 17.4 Å². The Morgan fingerprint density at radius 2 is 1.71 bits per heavy atom. The highest BCUT2D eigenvalue weighted by atomic mass is 79.9. The molecule has 276 valence electrons. The third-order valence-corrected chi connectivity index (χ3v) is 11.1. The summed E-state index contributed by atoms with van der Waals surface area (Å²) in [7, 11) is 0. The van der Waals surface area contributed by atoms with Crippen LogP contribution >= 0.6 is 15.9 Å². The van der Waals surface area contributed by atoms with Gasteiger partial charge in [0.2, 0.25) is 17.8 Å². The van der Waals surface area contributed by atoms with Crippen molar-refractivity contribution >= 4 is 67.8 Å². The highest BCUT2D eigenvalue weighted by molar-refractivity contribution is 9.10. The molecule has 3 aromatic carbocycles. The molecule has 3 N–H and O–H groups in total. The molecule has 3 aliphatic heterocycles. The van der Waals surface area contributed by atoms with Crippen LogP contribution in [0.15, 0.2) is 96.0 Å². The minimum Gasteiger partial charge on any atom is -0.340 e. The monoisotopic (exact) mass is 797 g/mol. The summed E-state index contributed by atoms with van der Waals surface area (Å²) >= 11 is 3.59. The lowest BCUT2D eigenvalue weighted by molar-refractivity contribution is -0.136. The molecule has 2 saturated heterocycles. The number of hydrogen-bond acceptors (Lipinski definition) is 11.